The van der Waals surface area contributed by atoms with Crippen LogP contribution in [0.4, 0.5) is 0 Å². The number of carbonyl (C=O) groups excluding carboxylic acids is 1. The maximum absolute atomic E-state index is 12.6. The monoisotopic (exact) mass is 472 g/mol. The number of hydrogen-bond acceptors (Lipinski definition) is 8. The Morgan fingerprint density at radius 2 is 1.63 bits per heavy atom. The Morgan fingerprint density at radius 1 is 0.971 bits per heavy atom. The van der Waals surface area contributed by atoms with Crippen LogP contribution in [0.3, 0.4) is 0 Å². The Labute approximate surface area is 203 Å². The molecule has 0 aliphatic carbocycles. The van der Waals surface area contributed by atoms with Crippen molar-refractivity contribution in [2.45, 2.75) is 12.8 Å². The highest BCUT2D eigenvalue weighted by Gasteiger charge is 2.32. The van der Waals surface area contributed by atoms with E-state index in [1.165, 1.54) is 21.3 Å². The molecule has 8 nitrogen and oxygen atoms in total. The molecule has 0 radical (unpaired) electrons. The zero-order chi connectivity index (χ0) is 25.1. The number of aryl methyl sites for hydroxylation is 1. The molecule has 0 bridgehead atoms. The Morgan fingerprint density at radius 3 is 2.20 bits per heavy atom. The van der Waals surface area contributed by atoms with Crippen LogP contribution in [-0.2, 0) is 0 Å². The number of nitriles is 1. The molecule has 0 amide bonds. The number of nitrogens with two attached hydrogens (primary N) is 1. The molecule has 0 spiro atoms. The molecule has 178 valence electrons. The predicted octanol–water partition coefficient (Wildman–Crippen LogP) is 4.46. The highest BCUT2D eigenvalue weighted by Crippen LogP contribution is 2.47. The van der Waals surface area contributed by atoms with Gasteiger partial charge in [-0.25, -0.2) is 4.79 Å². The molecule has 1 heterocycles. The molecule has 2 N–H and O–H groups in total. The molecule has 1 aliphatic rings. The van der Waals surface area contributed by atoms with Crippen molar-refractivity contribution in [2.75, 3.05) is 21.3 Å². The second kappa shape index (κ2) is 9.69. The topological polar surface area (TPSA) is 113 Å². The molecule has 0 saturated heterocycles. The van der Waals surface area contributed by atoms with Crippen LogP contribution in [-0.4, -0.2) is 27.3 Å². The molecule has 3 aromatic carbocycles. The second-order valence-electron chi connectivity index (χ2n) is 7.84. The molecule has 0 aromatic heterocycles. The summed E-state index contributed by atoms with van der Waals surface area (Å²) in [4.78, 5) is 12.6. The van der Waals surface area contributed by atoms with E-state index in [1.54, 1.807) is 42.5 Å². The molecule has 1 unspecified atom stereocenters. The third-order valence-corrected chi connectivity index (χ3v) is 5.71. The minimum Gasteiger partial charge on any atom is -0.493 e. The quantitative estimate of drug-likeness (QED) is 0.413. The van der Waals surface area contributed by atoms with Gasteiger partial charge < -0.3 is 29.4 Å². The molecular weight excluding hydrogens is 448 g/mol. The summed E-state index contributed by atoms with van der Waals surface area (Å²) in [5, 5.41) is 9.87. The number of benzene rings is 3. The van der Waals surface area contributed by atoms with Crippen molar-refractivity contribution in [3.8, 4) is 34.8 Å². The number of nitrogens with zero attached hydrogens (tertiary/aromatic N) is 1. The van der Waals surface area contributed by atoms with E-state index >= 15 is 0 Å². The largest absolute Gasteiger partial charge is 0.493 e. The lowest BCUT2D eigenvalue weighted by Gasteiger charge is -2.27. The van der Waals surface area contributed by atoms with E-state index < -0.39 is 11.9 Å². The smallest absolute Gasteiger partial charge is 0.343 e. The van der Waals surface area contributed by atoms with Gasteiger partial charge in [0.05, 0.1) is 32.8 Å². The first-order chi connectivity index (χ1) is 16.9. The number of hydrogen-bond donors (Lipinski definition) is 1. The van der Waals surface area contributed by atoms with Gasteiger partial charge in [0.2, 0.25) is 11.6 Å². The molecule has 0 saturated carbocycles. The van der Waals surface area contributed by atoms with E-state index in [1.807, 2.05) is 19.1 Å². The van der Waals surface area contributed by atoms with Crippen LogP contribution in [0.2, 0.25) is 0 Å². The molecule has 1 atom stereocenters. The van der Waals surface area contributed by atoms with Crippen LogP contribution in [0.1, 0.15) is 33.0 Å². The van der Waals surface area contributed by atoms with Crippen LogP contribution in [0.25, 0.3) is 0 Å². The van der Waals surface area contributed by atoms with E-state index in [9.17, 15) is 10.1 Å². The number of rotatable bonds is 6. The van der Waals surface area contributed by atoms with Crippen molar-refractivity contribution in [1.29, 1.82) is 5.26 Å². The van der Waals surface area contributed by atoms with Crippen LogP contribution < -0.4 is 29.4 Å². The lowest BCUT2D eigenvalue weighted by atomic mass is 9.83. The number of carbonyl (C=O) groups is 1. The number of methoxy groups -OCH3 is 3. The van der Waals surface area contributed by atoms with E-state index in [-0.39, 0.29) is 17.2 Å². The van der Waals surface area contributed by atoms with Crippen molar-refractivity contribution >= 4 is 5.97 Å². The van der Waals surface area contributed by atoms with Gasteiger partial charge in [0, 0.05) is 11.6 Å². The highest BCUT2D eigenvalue weighted by molar-refractivity contribution is 5.91. The summed E-state index contributed by atoms with van der Waals surface area (Å²) < 4.78 is 27.7. The average molecular weight is 472 g/mol. The van der Waals surface area contributed by atoms with Gasteiger partial charge in [0.25, 0.3) is 0 Å². The zero-order valence-electron chi connectivity index (χ0n) is 19.7. The zero-order valence-corrected chi connectivity index (χ0v) is 19.7. The van der Waals surface area contributed by atoms with Crippen molar-refractivity contribution in [2.24, 2.45) is 5.73 Å². The van der Waals surface area contributed by atoms with Gasteiger partial charge in [0.15, 0.2) is 11.5 Å². The summed E-state index contributed by atoms with van der Waals surface area (Å²) in [7, 11) is 4.55. The summed E-state index contributed by atoms with van der Waals surface area (Å²) in [6, 6.07) is 17.7. The normalized spacial score (nSPS) is 14.3. The first kappa shape index (κ1) is 23.5. The van der Waals surface area contributed by atoms with Crippen molar-refractivity contribution in [3.05, 3.63) is 88.3 Å². The van der Waals surface area contributed by atoms with Gasteiger partial charge in [-0.1, -0.05) is 23.8 Å². The molecule has 3 aromatic rings. The standard InChI is InChI=1S/C27H24N2O6/c1-15-5-7-16(8-6-15)27(30)34-18-9-10-19-21(13-18)35-26(29)20(14-28)24(19)17-11-22(31-2)25(33-4)23(12-17)32-3/h5-13,24H,29H2,1-4H3. The van der Waals surface area contributed by atoms with Gasteiger partial charge >= 0.3 is 5.97 Å². The van der Waals surface area contributed by atoms with Crippen LogP contribution >= 0.6 is 0 Å². The third kappa shape index (κ3) is 4.44. The fourth-order valence-electron chi connectivity index (χ4n) is 3.97. The Hall–Kier alpha value is -4.64. The van der Waals surface area contributed by atoms with E-state index in [0.717, 1.165) is 5.56 Å². The fourth-order valence-corrected chi connectivity index (χ4v) is 3.97. The summed E-state index contributed by atoms with van der Waals surface area (Å²) in [5.41, 5.74) is 9.18. The molecule has 0 fully saturated rings. The number of allylic oxidation sites excluding steroid dienone is 1. The van der Waals surface area contributed by atoms with Crippen molar-refractivity contribution in [1.82, 2.24) is 0 Å². The number of esters is 1. The van der Waals surface area contributed by atoms with Crippen LogP contribution in [0, 0.1) is 18.3 Å². The maximum Gasteiger partial charge on any atom is 0.343 e. The summed E-state index contributed by atoms with van der Waals surface area (Å²) in [5.74, 6) is 0.854. The van der Waals surface area contributed by atoms with Gasteiger partial charge in [-0.2, -0.15) is 5.26 Å². The Bertz CT molecular complexity index is 1330. The fraction of sp³-hybridized carbons (Fsp3) is 0.185. The first-order valence-corrected chi connectivity index (χ1v) is 10.7. The van der Waals surface area contributed by atoms with Crippen molar-refractivity contribution in [3.63, 3.8) is 0 Å². The summed E-state index contributed by atoms with van der Waals surface area (Å²) in [6.07, 6.45) is 0. The Balaban J connectivity index is 1.75. The van der Waals surface area contributed by atoms with E-state index in [4.69, 9.17) is 29.4 Å². The molecular formula is C27H24N2O6. The summed E-state index contributed by atoms with van der Waals surface area (Å²) in [6.45, 7) is 1.94. The van der Waals surface area contributed by atoms with Gasteiger partial charge in [-0.05, 0) is 42.8 Å². The van der Waals surface area contributed by atoms with E-state index in [2.05, 4.69) is 6.07 Å². The predicted molar refractivity (Wildman–Crippen MR) is 128 cm³/mol. The Kier molecular flexibility index (Phi) is 6.51. The first-order valence-electron chi connectivity index (χ1n) is 10.7. The molecule has 8 heteroatoms. The molecule has 1 aliphatic heterocycles. The highest BCUT2D eigenvalue weighted by atomic mass is 16.5. The number of fused-ring (bicyclic) bond motifs is 1. The molecule has 4 rings (SSSR count). The van der Waals surface area contributed by atoms with Crippen molar-refractivity contribution < 1.29 is 28.5 Å². The minimum absolute atomic E-state index is 0.0410. The van der Waals surface area contributed by atoms with Crippen LogP contribution in [0.15, 0.2) is 66.1 Å². The number of ether oxygens (including phenoxy) is 5. The average Bonchev–Trinajstić information content (AvgIpc) is 2.87. The molecule has 35 heavy (non-hydrogen) atoms. The van der Waals surface area contributed by atoms with Gasteiger partial charge in [0.1, 0.15) is 23.1 Å². The second-order valence-corrected chi connectivity index (χ2v) is 7.84. The SMILES string of the molecule is COc1cc(C2C(C#N)=C(N)Oc3cc(OC(=O)c4ccc(C)cc4)ccc32)cc(OC)c1OC. The lowest BCUT2D eigenvalue weighted by Crippen LogP contribution is -2.21. The minimum atomic E-state index is -0.570. The summed E-state index contributed by atoms with van der Waals surface area (Å²) >= 11 is 0. The van der Waals surface area contributed by atoms with Crippen LogP contribution in [0.5, 0.6) is 28.7 Å². The third-order valence-electron chi connectivity index (χ3n) is 5.71. The van der Waals surface area contributed by atoms with Gasteiger partial charge in [-0.15, -0.1) is 0 Å². The maximum atomic E-state index is 12.6. The van der Waals surface area contributed by atoms with Gasteiger partial charge in [-0.3, -0.25) is 0 Å². The van der Waals surface area contributed by atoms with E-state index in [0.29, 0.717) is 39.7 Å². The lowest BCUT2D eigenvalue weighted by molar-refractivity contribution is 0.0734.